The first-order chi connectivity index (χ1) is 13.5. The predicted octanol–water partition coefficient (Wildman–Crippen LogP) is 4.36. The fraction of sp³-hybridized carbons (Fsp3) is 0.294. The Morgan fingerprint density at radius 1 is 1.21 bits per heavy atom. The van der Waals surface area contributed by atoms with Crippen LogP contribution >= 0.6 is 23.2 Å². The normalized spacial score (nSPS) is 12.8. The first-order valence-electron chi connectivity index (χ1n) is 8.32. The van der Waals surface area contributed by atoms with Crippen LogP contribution in [0.15, 0.2) is 30.6 Å². The van der Waals surface area contributed by atoms with Crippen LogP contribution in [0.1, 0.15) is 29.9 Å². The third kappa shape index (κ3) is 4.88. The van der Waals surface area contributed by atoms with Gasteiger partial charge in [0, 0.05) is 5.69 Å². The van der Waals surface area contributed by atoms with Crippen molar-refractivity contribution in [1.82, 2.24) is 24.5 Å². The SMILES string of the molecule is Cc1cc(C(F)(F)F)nn1C(C)C(=O)Nc1ncn(Cc2ccc(Cl)c(Cl)c2)n1. The van der Waals surface area contributed by atoms with Crippen LogP contribution in [0.3, 0.4) is 0 Å². The van der Waals surface area contributed by atoms with E-state index in [2.05, 4.69) is 20.5 Å². The van der Waals surface area contributed by atoms with Crippen molar-refractivity contribution in [3.8, 4) is 0 Å². The van der Waals surface area contributed by atoms with Gasteiger partial charge in [-0.3, -0.25) is 14.8 Å². The van der Waals surface area contributed by atoms with Gasteiger partial charge in [0.2, 0.25) is 5.95 Å². The van der Waals surface area contributed by atoms with Gasteiger partial charge in [0.05, 0.1) is 16.6 Å². The lowest BCUT2D eigenvalue weighted by Gasteiger charge is -2.13. The number of hydrogen-bond acceptors (Lipinski definition) is 4. The molecule has 1 aromatic carbocycles. The van der Waals surface area contributed by atoms with Crippen LogP contribution in [0.25, 0.3) is 0 Å². The molecule has 0 saturated heterocycles. The molecule has 0 aliphatic rings. The lowest BCUT2D eigenvalue weighted by molar-refractivity contribution is -0.141. The Morgan fingerprint density at radius 2 is 1.93 bits per heavy atom. The number of hydrogen-bond donors (Lipinski definition) is 1. The van der Waals surface area contributed by atoms with Crippen LogP contribution in [0.5, 0.6) is 0 Å². The molecule has 1 unspecified atom stereocenters. The Bertz CT molecular complexity index is 1050. The maximum Gasteiger partial charge on any atom is 0.435 e. The minimum Gasteiger partial charge on any atom is -0.291 e. The van der Waals surface area contributed by atoms with E-state index in [1.807, 2.05) is 0 Å². The second kappa shape index (κ2) is 8.03. The molecule has 29 heavy (non-hydrogen) atoms. The van der Waals surface area contributed by atoms with Crippen molar-refractivity contribution in [2.75, 3.05) is 5.32 Å². The number of benzene rings is 1. The molecule has 1 amide bonds. The van der Waals surface area contributed by atoms with Crippen molar-refractivity contribution in [3.05, 3.63) is 57.6 Å². The van der Waals surface area contributed by atoms with Crippen molar-refractivity contribution in [2.45, 2.75) is 32.6 Å². The Morgan fingerprint density at radius 3 is 2.55 bits per heavy atom. The van der Waals surface area contributed by atoms with Crippen molar-refractivity contribution in [2.24, 2.45) is 0 Å². The Hall–Kier alpha value is -2.59. The monoisotopic (exact) mass is 446 g/mol. The summed E-state index contributed by atoms with van der Waals surface area (Å²) in [6, 6.07) is 5.00. The summed E-state index contributed by atoms with van der Waals surface area (Å²) in [6.07, 6.45) is -3.18. The van der Waals surface area contributed by atoms with Gasteiger partial charge in [-0.2, -0.15) is 18.3 Å². The molecule has 2 aromatic heterocycles. The molecule has 3 aromatic rings. The van der Waals surface area contributed by atoms with Gasteiger partial charge >= 0.3 is 6.18 Å². The predicted molar refractivity (Wildman–Crippen MR) is 101 cm³/mol. The Labute approximate surface area is 173 Å². The molecular formula is C17H15Cl2F3N6O. The smallest absolute Gasteiger partial charge is 0.291 e. The molecule has 0 aliphatic carbocycles. The molecule has 7 nitrogen and oxygen atoms in total. The van der Waals surface area contributed by atoms with Gasteiger partial charge in [-0.15, -0.1) is 5.10 Å². The zero-order valence-corrected chi connectivity index (χ0v) is 16.7. The topological polar surface area (TPSA) is 77.6 Å². The molecule has 0 spiro atoms. The summed E-state index contributed by atoms with van der Waals surface area (Å²) in [4.78, 5) is 16.4. The largest absolute Gasteiger partial charge is 0.435 e. The molecule has 0 saturated carbocycles. The lowest BCUT2D eigenvalue weighted by atomic mass is 10.2. The molecule has 0 aliphatic heterocycles. The summed E-state index contributed by atoms with van der Waals surface area (Å²) in [6.45, 7) is 3.21. The average molecular weight is 447 g/mol. The first kappa shape index (κ1) is 21.1. The van der Waals surface area contributed by atoms with Crippen LogP contribution in [-0.4, -0.2) is 30.5 Å². The van der Waals surface area contributed by atoms with Gasteiger partial charge in [0.15, 0.2) is 5.69 Å². The standard InChI is InChI=1S/C17H15Cl2F3N6O/c1-9-5-14(17(20,21)22)25-28(9)10(2)15(29)24-16-23-8-27(26-16)7-11-3-4-12(18)13(19)6-11/h3-6,8,10H,7H2,1-2H3,(H,24,26,29). The number of rotatable bonds is 5. The number of aromatic nitrogens is 5. The van der Waals surface area contributed by atoms with E-state index in [4.69, 9.17) is 23.2 Å². The first-order valence-corrected chi connectivity index (χ1v) is 9.08. The van der Waals surface area contributed by atoms with E-state index in [9.17, 15) is 18.0 Å². The van der Waals surface area contributed by atoms with Gasteiger partial charge in [0.25, 0.3) is 5.91 Å². The molecule has 3 rings (SSSR count). The summed E-state index contributed by atoms with van der Waals surface area (Å²) in [5.41, 5.74) is -0.0286. The summed E-state index contributed by atoms with van der Waals surface area (Å²) in [7, 11) is 0. The summed E-state index contributed by atoms with van der Waals surface area (Å²) in [5, 5.41) is 10.9. The fourth-order valence-electron chi connectivity index (χ4n) is 2.60. The molecule has 154 valence electrons. The van der Waals surface area contributed by atoms with E-state index < -0.39 is 23.8 Å². The van der Waals surface area contributed by atoms with E-state index in [0.29, 0.717) is 16.6 Å². The third-order valence-corrected chi connectivity index (χ3v) is 4.80. The highest BCUT2D eigenvalue weighted by molar-refractivity contribution is 6.42. The lowest BCUT2D eigenvalue weighted by Crippen LogP contribution is -2.26. The maximum absolute atomic E-state index is 12.8. The summed E-state index contributed by atoms with van der Waals surface area (Å²) >= 11 is 11.9. The molecule has 0 radical (unpaired) electrons. The van der Waals surface area contributed by atoms with E-state index in [1.165, 1.54) is 24.9 Å². The molecule has 1 N–H and O–H groups in total. The quantitative estimate of drug-likeness (QED) is 0.631. The van der Waals surface area contributed by atoms with Crippen molar-refractivity contribution in [3.63, 3.8) is 0 Å². The van der Waals surface area contributed by atoms with Crippen molar-refractivity contribution in [1.29, 1.82) is 0 Å². The molecule has 0 bridgehead atoms. The molecular weight excluding hydrogens is 432 g/mol. The van der Waals surface area contributed by atoms with Gasteiger partial charge in [-0.05, 0) is 37.6 Å². The number of amides is 1. The van der Waals surface area contributed by atoms with Crippen LogP contribution in [-0.2, 0) is 17.5 Å². The van der Waals surface area contributed by atoms with Crippen LogP contribution < -0.4 is 5.32 Å². The number of carbonyl (C=O) groups is 1. The van der Waals surface area contributed by atoms with Gasteiger partial charge in [0.1, 0.15) is 12.4 Å². The number of nitrogens with zero attached hydrogens (tertiary/aromatic N) is 5. The van der Waals surface area contributed by atoms with E-state index in [1.54, 1.807) is 18.2 Å². The number of alkyl halides is 3. The Kier molecular flexibility index (Phi) is 5.85. The number of carbonyl (C=O) groups excluding carboxylic acids is 1. The summed E-state index contributed by atoms with van der Waals surface area (Å²) in [5.74, 6) is -0.583. The second-order valence-electron chi connectivity index (χ2n) is 6.29. The third-order valence-electron chi connectivity index (χ3n) is 4.06. The minimum atomic E-state index is -4.59. The minimum absolute atomic E-state index is 0.0164. The zero-order chi connectivity index (χ0) is 21.3. The maximum atomic E-state index is 12.8. The number of anilines is 1. The molecule has 2 heterocycles. The molecule has 0 fully saturated rings. The van der Waals surface area contributed by atoms with Gasteiger partial charge in [-0.1, -0.05) is 29.3 Å². The highest BCUT2D eigenvalue weighted by Gasteiger charge is 2.35. The molecule has 12 heteroatoms. The highest BCUT2D eigenvalue weighted by Crippen LogP contribution is 2.29. The Balaban J connectivity index is 1.68. The van der Waals surface area contributed by atoms with Gasteiger partial charge in [-0.25, -0.2) is 9.67 Å². The second-order valence-corrected chi connectivity index (χ2v) is 7.11. The van der Waals surface area contributed by atoms with Crippen LogP contribution in [0, 0.1) is 6.92 Å². The fourth-order valence-corrected chi connectivity index (χ4v) is 2.92. The van der Waals surface area contributed by atoms with Gasteiger partial charge < -0.3 is 0 Å². The van der Waals surface area contributed by atoms with Crippen LogP contribution in [0.4, 0.5) is 19.1 Å². The van der Waals surface area contributed by atoms with E-state index in [-0.39, 0.29) is 11.6 Å². The number of nitrogens with one attached hydrogen (secondary N) is 1. The molecule has 1 atom stereocenters. The zero-order valence-electron chi connectivity index (χ0n) is 15.2. The van der Waals surface area contributed by atoms with E-state index >= 15 is 0 Å². The van der Waals surface area contributed by atoms with E-state index in [0.717, 1.165) is 16.3 Å². The van der Waals surface area contributed by atoms with Crippen LogP contribution in [0.2, 0.25) is 10.0 Å². The number of aryl methyl sites for hydroxylation is 1. The highest BCUT2D eigenvalue weighted by atomic mass is 35.5. The average Bonchev–Trinajstić information content (AvgIpc) is 3.23. The summed E-state index contributed by atoms with van der Waals surface area (Å²) < 4.78 is 40.9. The van der Waals surface area contributed by atoms with Crippen molar-refractivity contribution >= 4 is 35.1 Å². The number of halogens is 5. The van der Waals surface area contributed by atoms with Crippen molar-refractivity contribution < 1.29 is 18.0 Å².